The molecule has 3 aromatic rings. The second-order valence-corrected chi connectivity index (χ2v) is 8.66. The molecule has 138 valence electrons. The Hall–Kier alpha value is -1.85. The van der Waals surface area contributed by atoms with Gasteiger partial charge in [-0.25, -0.2) is 0 Å². The third-order valence-electron chi connectivity index (χ3n) is 5.38. The third kappa shape index (κ3) is 3.76. The number of aromatic nitrogens is 1. The van der Waals surface area contributed by atoms with Crippen molar-refractivity contribution in [3.63, 3.8) is 0 Å². The molecule has 5 heteroatoms. The summed E-state index contributed by atoms with van der Waals surface area (Å²) in [6, 6.07) is 14.6. The van der Waals surface area contributed by atoms with Crippen LogP contribution in [0.1, 0.15) is 34.7 Å². The van der Waals surface area contributed by atoms with Crippen molar-refractivity contribution in [1.82, 2.24) is 4.98 Å². The number of aldehydes is 1. The zero-order valence-electron chi connectivity index (χ0n) is 15.2. The van der Waals surface area contributed by atoms with Gasteiger partial charge >= 0.3 is 0 Å². The number of thioether (sulfide) groups is 1. The number of halogens is 1. The molecule has 4 rings (SSSR count). The number of piperidine rings is 1. The maximum Gasteiger partial charge on any atom is 0.150 e. The second kappa shape index (κ2) is 8.03. The summed E-state index contributed by atoms with van der Waals surface area (Å²) >= 11 is 5.31. The number of hydrogen-bond acceptors (Lipinski definition) is 4. The highest BCUT2D eigenvalue weighted by Crippen LogP contribution is 2.36. The SMILES string of the molecule is CSc1ccc(C=O)c(C2CCN(c3ccnc4ccc(Br)cc34)CC2)c1. The standard InChI is InChI=1S/C22H21BrN2OS/c1-27-18-4-2-16(14-26)19(13-18)15-7-10-25(11-8-15)22-6-9-24-21-5-3-17(23)12-20(21)22/h2-6,9,12-15H,7-8,10-11H2,1H3. The topological polar surface area (TPSA) is 33.2 Å². The minimum absolute atomic E-state index is 0.438. The Bertz CT molecular complexity index is 983. The predicted molar refractivity (Wildman–Crippen MR) is 117 cm³/mol. The van der Waals surface area contributed by atoms with Crippen molar-refractivity contribution in [3.05, 3.63) is 64.3 Å². The predicted octanol–water partition coefficient (Wildman–Crippen LogP) is 5.92. The normalized spacial score (nSPS) is 15.3. The highest BCUT2D eigenvalue weighted by atomic mass is 79.9. The van der Waals surface area contributed by atoms with E-state index in [4.69, 9.17) is 0 Å². The minimum atomic E-state index is 0.438. The Morgan fingerprint density at radius 1 is 1.15 bits per heavy atom. The smallest absolute Gasteiger partial charge is 0.150 e. The zero-order valence-corrected chi connectivity index (χ0v) is 17.6. The Kier molecular flexibility index (Phi) is 5.50. The van der Waals surface area contributed by atoms with E-state index in [2.05, 4.69) is 56.3 Å². The number of anilines is 1. The quantitative estimate of drug-likeness (QED) is 0.372. The lowest BCUT2D eigenvalue weighted by atomic mass is 9.86. The Morgan fingerprint density at radius 3 is 2.70 bits per heavy atom. The number of carbonyl (C=O) groups excluding carboxylic acids is 1. The number of carbonyl (C=O) groups is 1. The van der Waals surface area contributed by atoms with Crippen molar-refractivity contribution in [2.45, 2.75) is 23.7 Å². The van der Waals surface area contributed by atoms with Gasteiger partial charge in [-0.3, -0.25) is 9.78 Å². The molecule has 0 atom stereocenters. The van der Waals surface area contributed by atoms with Gasteiger partial charge in [0.1, 0.15) is 6.29 Å². The van der Waals surface area contributed by atoms with Crippen molar-refractivity contribution >= 4 is 50.6 Å². The summed E-state index contributed by atoms with van der Waals surface area (Å²) in [4.78, 5) is 19.7. The molecule has 0 radical (unpaired) electrons. The lowest BCUT2D eigenvalue weighted by Gasteiger charge is -2.35. The monoisotopic (exact) mass is 440 g/mol. The molecular formula is C22H21BrN2OS. The molecule has 1 aromatic heterocycles. The number of nitrogens with zero attached hydrogens (tertiary/aromatic N) is 2. The fraction of sp³-hybridized carbons (Fsp3) is 0.273. The van der Waals surface area contributed by atoms with Gasteiger partial charge in [-0.05, 0) is 67.0 Å². The van der Waals surface area contributed by atoms with Crippen LogP contribution in [0.3, 0.4) is 0 Å². The maximum absolute atomic E-state index is 11.5. The fourth-order valence-corrected chi connectivity index (χ4v) is 4.76. The van der Waals surface area contributed by atoms with Crippen LogP contribution in [-0.2, 0) is 0 Å². The summed E-state index contributed by atoms with van der Waals surface area (Å²) in [5.74, 6) is 0.438. The molecule has 27 heavy (non-hydrogen) atoms. The van der Waals surface area contributed by atoms with E-state index in [-0.39, 0.29) is 0 Å². The third-order valence-corrected chi connectivity index (χ3v) is 6.60. The molecule has 3 nitrogen and oxygen atoms in total. The molecule has 0 bridgehead atoms. The number of benzene rings is 2. The van der Waals surface area contributed by atoms with Crippen molar-refractivity contribution < 1.29 is 4.79 Å². The van der Waals surface area contributed by atoms with E-state index in [1.165, 1.54) is 21.5 Å². The molecule has 1 aliphatic rings. The van der Waals surface area contributed by atoms with Crippen molar-refractivity contribution in [3.8, 4) is 0 Å². The largest absolute Gasteiger partial charge is 0.371 e. The summed E-state index contributed by atoms with van der Waals surface area (Å²) in [6.45, 7) is 1.97. The van der Waals surface area contributed by atoms with Crippen LogP contribution in [-0.4, -0.2) is 30.6 Å². The number of fused-ring (bicyclic) bond motifs is 1. The van der Waals surface area contributed by atoms with Crippen molar-refractivity contribution in [2.75, 3.05) is 24.2 Å². The lowest BCUT2D eigenvalue weighted by molar-refractivity contribution is 0.112. The lowest BCUT2D eigenvalue weighted by Crippen LogP contribution is -2.33. The fourth-order valence-electron chi connectivity index (χ4n) is 3.95. The molecule has 1 fully saturated rings. The van der Waals surface area contributed by atoms with Crippen LogP contribution in [0.4, 0.5) is 5.69 Å². The van der Waals surface area contributed by atoms with E-state index >= 15 is 0 Å². The van der Waals surface area contributed by atoms with Gasteiger partial charge in [0.25, 0.3) is 0 Å². The average molecular weight is 441 g/mol. The first-order chi connectivity index (χ1) is 13.2. The molecule has 0 aliphatic carbocycles. The summed E-state index contributed by atoms with van der Waals surface area (Å²) in [5.41, 5.74) is 4.31. The van der Waals surface area contributed by atoms with Crippen LogP contribution >= 0.6 is 27.7 Å². The molecule has 0 unspecified atom stereocenters. The van der Waals surface area contributed by atoms with E-state index in [1.54, 1.807) is 11.8 Å². The first-order valence-corrected chi connectivity index (χ1v) is 11.1. The number of pyridine rings is 1. The van der Waals surface area contributed by atoms with Crippen LogP contribution in [0.2, 0.25) is 0 Å². The minimum Gasteiger partial charge on any atom is -0.371 e. The molecule has 0 spiro atoms. The summed E-state index contributed by atoms with van der Waals surface area (Å²) in [7, 11) is 0. The summed E-state index contributed by atoms with van der Waals surface area (Å²) in [6.07, 6.45) is 7.08. The Balaban J connectivity index is 1.58. The van der Waals surface area contributed by atoms with Gasteiger partial charge in [0.05, 0.1) is 5.52 Å². The van der Waals surface area contributed by atoms with Crippen LogP contribution in [0.5, 0.6) is 0 Å². The van der Waals surface area contributed by atoms with Crippen LogP contribution in [0.25, 0.3) is 10.9 Å². The number of rotatable bonds is 4. The van der Waals surface area contributed by atoms with Gasteiger partial charge in [0, 0.05) is 45.3 Å². The highest BCUT2D eigenvalue weighted by Gasteiger charge is 2.24. The molecule has 2 heterocycles. The zero-order chi connectivity index (χ0) is 18.8. The van der Waals surface area contributed by atoms with Gasteiger partial charge < -0.3 is 4.90 Å². The summed E-state index contributed by atoms with van der Waals surface area (Å²) in [5, 5.41) is 1.18. The van der Waals surface area contributed by atoms with Crippen LogP contribution in [0, 0.1) is 0 Å². The summed E-state index contributed by atoms with van der Waals surface area (Å²) < 4.78 is 1.07. The molecule has 1 aliphatic heterocycles. The first kappa shape index (κ1) is 18.5. The molecule has 0 saturated carbocycles. The first-order valence-electron chi connectivity index (χ1n) is 9.12. The van der Waals surface area contributed by atoms with Gasteiger partial charge in [-0.2, -0.15) is 0 Å². The molecule has 2 aromatic carbocycles. The Morgan fingerprint density at radius 2 is 1.96 bits per heavy atom. The average Bonchev–Trinajstić information content (AvgIpc) is 2.73. The van der Waals surface area contributed by atoms with Crippen molar-refractivity contribution in [1.29, 1.82) is 0 Å². The second-order valence-electron chi connectivity index (χ2n) is 6.87. The van der Waals surface area contributed by atoms with E-state index in [1.807, 2.05) is 24.4 Å². The molecule has 0 N–H and O–H groups in total. The molecule has 0 amide bonds. The molecular weight excluding hydrogens is 420 g/mol. The van der Waals surface area contributed by atoms with Gasteiger partial charge in [-0.15, -0.1) is 11.8 Å². The van der Waals surface area contributed by atoms with E-state index in [0.717, 1.165) is 47.8 Å². The van der Waals surface area contributed by atoms with Gasteiger partial charge in [0.15, 0.2) is 0 Å². The van der Waals surface area contributed by atoms with E-state index in [9.17, 15) is 4.79 Å². The van der Waals surface area contributed by atoms with Gasteiger partial charge in [0.2, 0.25) is 0 Å². The van der Waals surface area contributed by atoms with E-state index in [0.29, 0.717) is 5.92 Å². The van der Waals surface area contributed by atoms with Gasteiger partial charge in [-0.1, -0.05) is 22.0 Å². The van der Waals surface area contributed by atoms with Crippen molar-refractivity contribution in [2.24, 2.45) is 0 Å². The molecule has 1 saturated heterocycles. The highest BCUT2D eigenvalue weighted by molar-refractivity contribution is 9.10. The maximum atomic E-state index is 11.5. The number of hydrogen-bond donors (Lipinski definition) is 0. The van der Waals surface area contributed by atoms with Crippen LogP contribution < -0.4 is 4.90 Å². The van der Waals surface area contributed by atoms with Crippen LogP contribution in [0.15, 0.2) is 58.0 Å². The Labute approximate surface area is 172 Å². The van der Waals surface area contributed by atoms with E-state index < -0.39 is 0 Å².